The fraction of sp³-hybridized carbons (Fsp3) is 1.00. The van der Waals surface area contributed by atoms with Crippen LogP contribution < -0.4 is 5.32 Å². The van der Waals surface area contributed by atoms with Crippen LogP contribution in [0.25, 0.3) is 0 Å². The highest BCUT2D eigenvalue weighted by Gasteiger charge is 2.40. The minimum atomic E-state index is 0.265. The zero-order chi connectivity index (χ0) is 13.6. The van der Waals surface area contributed by atoms with Gasteiger partial charge in [-0.25, -0.2) is 0 Å². The van der Waals surface area contributed by atoms with Crippen molar-refractivity contribution < 1.29 is 4.74 Å². The second-order valence-corrected chi connectivity index (χ2v) is 6.65. The first kappa shape index (κ1) is 15.3. The maximum atomic E-state index is 6.24. The maximum Gasteiger partial charge on any atom is 0.0685 e. The third kappa shape index (κ3) is 4.19. The predicted octanol–water partition coefficient (Wildman–Crippen LogP) is 4.28. The van der Waals surface area contributed by atoms with Gasteiger partial charge in [-0.2, -0.15) is 0 Å². The predicted molar refractivity (Wildman–Crippen MR) is 81.5 cm³/mol. The molecule has 0 amide bonds. The summed E-state index contributed by atoms with van der Waals surface area (Å²) in [5, 5.41) is 3.75. The molecule has 1 aliphatic carbocycles. The van der Waals surface area contributed by atoms with E-state index in [1.54, 1.807) is 0 Å². The lowest BCUT2D eigenvalue weighted by molar-refractivity contribution is -0.122. The molecule has 0 aromatic heterocycles. The van der Waals surface area contributed by atoms with Gasteiger partial charge in [0.25, 0.3) is 0 Å². The van der Waals surface area contributed by atoms with E-state index in [9.17, 15) is 0 Å². The first-order valence-corrected chi connectivity index (χ1v) is 8.67. The van der Waals surface area contributed by atoms with Crippen molar-refractivity contribution in [2.45, 2.75) is 89.7 Å². The summed E-state index contributed by atoms with van der Waals surface area (Å²) in [5.74, 6) is 0.846. The van der Waals surface area contributed by atoms with Crippen LogP contribution in [0.15, 0.2) is 0 Å². The zero-order valence-corrected chi connectivity index (χ0v) is 13.0. The van der Waals surface area contributed by atoms with Crippen LogP contribution in [0.3, 0.4) is 0 Å². The molecular weight excluding hydrogens is 234 g/mol. The lowest BCUT2D eigenvalue weighted by Gasteiger charge is -2.45. The van der Waals surface area contributed by atoms with Crippen LogP contribution in [0.4, 0.5) is 0 Å². The topological polar surface area (TPSA) is 21.3 Å². The fourth-order valence-corrected chi connectivity index (χ4v) is 4.14. The molecule has 2 aliphatic rings. The molecule has 0 aromatic carbocycles. The standard InChI is InChI=1S/C17H33NO/c1-3-5-9-16(18-4-2)15-10-13-19-17(14-15)11-7-6-8-12-17/h15-16,18H,3-14H2,1-2H3. The molecule has 2 unspecified atom stereocenters. The van der Waals surface area contributed by atoms with Crippen LogP contribution in [-0.2, 0) is 4.74 Å². The zero-order valence-electron chi connectivity index (χ0n) is 13.0. The van der Waals surface area contributed by atoms with Crippen molar-refractivity contribution in [3.63, 3.8) is 0 Å². The first-order chi connectivity index (χ1) is 9.29. The van der Waals surface area contributed by atoms with E-state index in [0.29, 0.717) is 0 Å². The molecule has 1 spiro atoms. The number of ether oxygens (including phenoxy) is 1. The molecule has 1 heterocycles. The highest BCUT2D eigenvalue weighted by molar-refractivity contribution is 4.93. The van der Waals surface area contributed by atoms with Gasteiger partial charge >= 0.3 is 0 Å². The minimum absolute atomic E-state index is 0.265. The summed E-state index contributed by atoms with van der Waals surface area (Å²) in [6, 6.07) is 0.729. The summed E-state index contributed by atoms with van der Waals surface area (Å²) < 4.78 is 6.24. The van der Waals surface area contributed by atoms with E-state index in [4.69, 9.17) is 4.74 Å². The molecule has 0 radical (unpaired) electrons. The Kier molecular flexibility index (Phi) is 6.15. The summed E-state index contributed by atoms with van der Waals surface area (Å²) in [6.45, 7) is 6.65. The van der Waals surface area contributed by atoms with Crippen LogP contribution >= 0.6 is 0 Å². The van der Waals surface area contributed by atoms with Gasteiger partial charge in [-0.1, -0.05) is 46.0 Å². The highest BCUT2D eigenvalue weighted by Crippen LogP contribution is 2.42. The smallest absolute Gasteiger partial charge is 0.0685 e. The van der Waals surface area contributed by atoms with Gasteiger partial charge < -0.3 is 10.1 Å². The van der Waals surface area contributed by atoms with E-state index in [1.165, 1.54) is 64.2 Å². The summed E-state index contributed by atoms with van der Waals surface area (Å²) in [7, 11) is 0. The Balaban J connectivity index is 1.93. The average molecular weight is 267 g/mol. The van der Waals surface area contributed by atoms with E-state index in [2.05, 4.69) is 19.2 Å². The van der Waals surface area contributed by atoms with Gasteiger partial charge in [0, 0.05) is 12.6 Å². The Morgan fingerprint density at radius 1 is 1.21 bits per heavy atom. The molecular formula is C17H33NO. The molecule has 1 aliphatic heterocycles. The minimum Gasteiger partial charge on any atom is -0.375 e. The Labute approximate surface area is 119 Å². The SMILES string of the molecule is CCCCC(NCC)C1CCOC2(CCCCC2)C1. The highest BCUT2D eigenvalue weighted by atomic mass is 16.5. The van der Waals surface area contributed by atoms with E-state index < -0.39 is 0 Å². The third-order valence-corrected chi connectivity index (χ3v) is 5.20. The van der Waals surface area contributed by atoms with Crippen molar-refractivity contribution in [3.8, 4) is 0 Å². The summed E-state index contributed by atoms with van der Waals surface area (Å²) in [4.78, 5) is 0. The molecule has 2 rings (SSSR count). The molecule has 1 N–H and O–H groups in total. The summed E-state index contributed by atoms with van der Waals surface area (Å²) >= 11 is 0. The van der Waals surface area contributed by atoms with Crippen molar-refractivity contribution in [1.82, 2.24) is 5.32 Å². The summed E-state index contributed by atoms with van der Waals surface area (Å²) in [5.41, 5.74) is 0.265. The van der Waals surface area contributed by atoms with Gasteiger partial charge in [0.1, 0.15) is 0 Å². The van der Waals surface area contributed by atoms with Crippen molar-refractivity contribution in [3.05, 3.63) is 0 Å². The van der Waals surface area contributed by atoms with Gasteiger partial charge in [0.2, 0.25) is 0 Å². The van der Waals surface area contributed by atoms with Crippen LogP contribution in [0, 0.1) is 5.92 Å². The average Bonchev–Trinajstić information content (AvgIpc) is 2.44. The first-order valence-electron chi connectivity index (χ1n) is 8.67. The van der Waals surface area contributed by atoms with E-state index in [-0.39, 0.29) is 5.60 Å². The van der Waals surface area contributed by atoms with Crippen LogP contribution in [0.5, 0.6) is 0 Å². The van der Waals surface area contributed by atoms with Crippen molar-refractivity contribution in [1.29, 1.82) is 0 Å². The quantitative estimate of drug-likeness (QED) is 0.775. The van der Waals surface area contributed by atoms with Crippen molar-refractivity contribution >= 4 is 0 Å². The molecule has 2 fully saturated rings. The normalized spacial score (nSPS) is 28.4. The Morgan fingerprint density at radius 2 is 2.00 bits per heavy atom. The maximum absolute atomic E-state index is 6.24. The number of rotatable bonds is 6. The third-order valence-electron chi connectivity index (χ3n) is 5.20. The number of nitrogens with one attached hydrogen (secondary N) is 1. The lowest BCUT2D eigenvalue weighted by Crippen LogP contribution is -2.47. The molecule has 112 valence electrons. The summed E-state index contributed by atoms with van der Waals surface area (Å²) in [6.07, 6.45) is 13.4. The molecule has 0 bridgehead atoms. The molecule has 2 heteroatoms. The van der Waals surface area contributed by atoms with Gasteiger partial charge in [0.05, 0.1) is 5.60 Å². The molecule has 2 atom stereocenters. The number of hydrogen-bond donors (Lipinski definition) is 1. The Hall–Kier alpha value is -0.0800. The molecule has 1 saturated heterocycles. The monoisotopic (exact) mass is 267 g/mol. The number of unbranched alkanes of at least 4 members (excludes halogenated alkanes) is 1. The second kappa shape index (κ2) is 7.64. The van der Waals surface area contributed by atoms with Gasteiger partial charge in [-0.3, -0.25) is 0 Å². The molecule has 19 heavy (non-hydrogen) atoms. The fourth-order valence-electron chi connectivity index (χ4n) is 4.14. The largest absolute Gasteiger partial charge is 0.375 e. The van der Waals surface area contributed by atoms with Gasteiger partial charge in [0.15, 0.2) is 0 Å². The van der Waals surface area contributed by atoms with E-state index >= 15 is 0 Å². The Bertz CT molecular complexity index is 242. The molecule has 2 nitrogen and oxygen atoms in total. The molecule has 1 saturated carbocycles. The van der Waals surface area contributed by atoms with E-state index in [0.717, 1.165) is 25.1 Å². The van der Waals surface area contributed by atoms with E-state index in [1.807, 2.05) is 0 Å². The van der Waals surface area contributed by atoms with Crippen LogP contribution in [-0.4, -0.2) is 24.8 Å². The van der Waals surface area contributed by atoms with Crippen LogP contribution in [0.1, 0.15) is 78.1 Å². The van der Waals surface area contributed by atoms with Gasteiger partial charge in [-0.15, -0.1) is 0 Å². The van der Waals surface area contributed by atoms with Crippen molar-refractivity contribution in [2.24, 2.45) is 5.92 Å². The Morgan fingerprint density at radius 3 is 2.68 bits per heavy atom. The lowest BCUT2D eigenvalue weighted by atomic mass is 9.73. The van der Waals surface area contributed by atoms with Gasteiger partial charge in [-0.05, 0) is 44.6 Å². The molecule has 0 aromatic rings. The second-order valence-electron chi connectivity index (χ2n) is 6.65. The number of hydrogen-bond acceptors (Lipinski definition) is 2. The van der Waals surface area contributed by atoms with Crippen molar-refractivity contribution in [2.75, 3.05) is 13.2 Å². The van der Waals surface area contributed by atoms with Crippen LogP contribution in [0.2, 0.25) is 0 Å².